The van der Waals surface area contributed by atoms with Gasteiger partial charge in [0, 0.05) is 36.2 Å². The Morgan fingerprint density at radius 1 is 1.36 bits per heavy atom. The minimum atomic E-state index is -0.443. The Kier molecular flexibility index (Phi) is 4.02. The summed E-state index contributed by atoms with van der Waals surface area (Å²) in [6, 6.07) is 8.30. The van der Waals surface area contributed by atoms with Gasteiger partial charge in [0.2, 0.25) is 5.91 Å². The number of hydrogen-bond donors (Lipinski definition) is 0. The first-order valence-electron chi connectivity index (χ1n) is 6.90. The zero-order valence-electron chi connectivity index (χ0n) is 11.8. The fourth-order valence-corrected chi connectivity index (χ4v) is 3.34. The summed E-state index contributed by atoms with van der Waals surface area (Å²) in [5.74, 6) is -0.0663. The molecule has 0 saturated heterocycles. The fourth-order valence-electron chi connectivity index (χ4n) is 2.45. The molecular formula is C16H14N2O3S. The van der Waals surface area contributed by atoms with Gasteiger partial charge < -0.3 is 4.90 Å². The molecule has 6 heteroatoms. The molecule has 0 saturated carbocycles. The summed E-state index contributed by atoms with van der Waals surface area (Å²) in [6.07, 6.45) is 4.00. The molecular weight excluding hydrogens is 300 g/mol. The van der Waals surface area contributed by atoms with Crippen molar-refractivity contribution in [3.63, 3.8) is 0 Å². The molecule has 1 amide bonds. The maximum atomic E-state index is 12.2. The Morgan fingerprint density at radius 2 is 2.23 bits per heavy atom. The van der Waals surface area contributed by atoms with Crippen LogP contribution in [0.25, 0.3) is 6.08 Å². The number of carbonyl (C=O) groups is 1. The Balaban J connectivity index is 1.69. The summed E-state index contributed by atoms with van der Waals surface area (Å²) in [5.41, 5.74) is 1.89. The van der Waals surface area contributed by atoms with Crippen LogP contribution in [0.15, 0.2) is 41.8 Å². The van der Waals surface area contributed by atoms with E-state index in [0.29, 0.717) is 18.7 Å². The first kappa shape index (κ1) is 14.5. The van der Waals surface area contributed by atoms with Crippen LogP contribution < -0.4 is 0 Å². The van der Waals surface area contributed by atoms with Crippen LogP contribution in [0.1, 0.15) is 16.0 Å². The number of nitro benzene ring substituents is 1. The van der Waals surface area contributed by atoms with E-state index in [4.69, 9.17) is 0 Å². The van der Waals surface area contributed by atoms with Gasteiger partial charge in [-0.2, -0.15) is 0 Å². The normalized spacial score (nSPS) is 14.1. The smallest absolute Gasteiger partial charge is 0.270 e. The van der Waals surface area contributed by atoms with Gasteiger partial charge in [0.1, 0.15) is 0 Å². The topological polar surface area (TPSA) is 63.4 Å². The summed E-state index contributed by atoms with van der Waals surface area (Å²) < 4.78 is 0. The number of thiophene rings is 1. The van der Waals surface area contributed by atoms with E-state index in [1.54, 1.807) is 34.4 Å². The monoisotopic (exact) mass is 314 g/mol. The molecule has 0 spiro atoms. The molecule has 112 valence electrons. The van der Waals surface area contributed by atoms with E-state index in [1.807, 2.05) is 0 Å². The molecule has 0 atom stereocenters. The van der Waals surface area contributed by atoms with Crippen molar-refractivity contribution in [1.82, 2.24) is 4.90 Å². The summed E-state index contributed by atoms with van der Waals surface area (Å²) in [5, 5.41) is 12.8. The molecule has 1 aromatic carbocycles. The average molecular weight is 314 g/mol. The van der Waals surface area contributed by atoms with Gasteiger partial charge in [0.25, 0.3) is 5.69 Å². The SMILES string of the molecule is O=C(C=Cc1cccc([N+](=O)[O-])c1)N1CCc2sccc2C1. The molecule has 0 radical (unpaired) electrons. The first-order valence-corrected chi connectivity index (χ1v) is 7.78. The maximum Gasteiger partial charge on any atom is 0.270 e. The number of nitrogens with zero attached hydrogens (tertiary/aromatic N) is 2. The zero-order valence-corrected chi connectivity index (χ0v) is 12.6. The molecule has 3 rings (SSSR count). The molecule has 0 fully saturated rings. The lowest BCUT2D eigenvalue weighted by atomic mass is 10.1. The van der Waals surface area contributed by atoms with E-state index in [2.05, 4.69) is 11.4 Å². The highest BCUT2D eigenvalue weighted by Crippen LogP contribution is 2.24. The summed E-state index contributed by atoms with van der Waals surface area (Å²) >= 11 is 1.73. The summed E-state index contributed by atoms with van der Waals surface area (Å²) in [6.45, 7) is 1.35. The highest BCUT2D eigenvalue weighted by atomic mass is 32.1. The van der Waals surface area contributed by atoms with Crippen LogP contribution >= 0.6 is 11.3 Å². The number of nitro groups is 1. The molecule has 2 aromatic rings. The number of non-ortho nitro benzene ring substituents is 1. The zero-order chi connectivity index (χ0) is 15.5. The van der Waals surface area contributed by atoms with Crippen LogP contribution in [0, 0.1) is 10.1 Å². The predicted molar refractivity (Wildman–Crippen MR) is 85.6 cm³/mol. The lowest BCUT2D eigenvalue weighted by molar-refractivity contribution is -0.384. The van der Waals surface area contributed by atoms with Crippen LogP contribution in [0.3, 0.4) is 0 Å². The van der Waals surface area contributed by atoms with Crippen LogP contribution in [0.4, 0.5) is 5.69 Å². The largest absolute Gasteiger partial charge is 0.334 e. The van der Waals surface area contributed by atoms with Gasteiger partial charge >= 0.3 is 0 Å². The lowest BCUT2D eigenvalue weighted by Crippen LogP contribution is -2.34. The van der Waals surface area contributed by atoms with Gasteiger partial charge in [-0.3, -0.25) is 14.9 Å². The Bertz CT molecular complexity index is 751. The van der Waals surface area contributed by atoms with Gasteiger partial charge in [0.15, 0.2) is 0 Å². The first-order chi connectivity index (χ1) is 10.6. The average Bonchev–Trinajstić information content (AvgIpc) is 3.00. The molecule has 1 aliphatic rings. The Labute approximate surface area is 131 Å². The van der Waals surface area contributed by atoms with Gasteiger partial charge in [-0.05, 0) is 35.1 Å². The van der Waals surface area contributed by atoms with Crippen molar-refractivity contribution in [3.8, 4) is 0 Å². The van der Waals surface area contributed by atoms with Gasteiger partial charge in [-0.25, -0.2) is 0 Å². The van der Waals surface area contributed by atoms with Crippen molar-refractivity contribution in [1.29, 1.82) is 0 Å². The van der Waals surface area contributed by atoms with Crippen LogP contribution in [0.2, 0.25) is 0 Å². The Morgan fingerprint density at radius 3 is 3.05 bits per heavy atom. The van der Waals surface area contributed by atoms with Gasteiger partial charge in [-0.1, -0.05) is 12.1 Å². The molecule has 0 N–H and O–H groups in total. The van der Waals surface area contributed by atoms with Crippen molar-refractivity contribution in [3.05, 3.63) is 67.9 Å². The molecule has 0 bridgehead atoms. The van der Waals surface area contributed by atoms with Crippen molar-refractivity contribution in [2.45, 2.75) is 13.0 Å². The third-order valence-corrected chi connectivity index (χ3v) is 4.64. The van der Waals surface area contributed by atoms with E-state index in [1.165, 1.54) is 28.6 Å². The van der Waals surface area contributed by atoms with Crippen LogP contribution in [-0.4, -0.2) is 22.3 Å². The molecule has 0 unspecified atom stereocenters. The summed E-state index contributed by atoms with van der Waals surface area (Å²) in [4.78, 5) is 25.7. The molecule has 1 aliphatic heterocycles. The van der Waals surface area contributed by atoms with Gasteiger partial charge in [0.05, 0.1) is 4.92 Å². The van der Waals surface area contributed by atoms with Crippen molar-refractivity contribution >= 4 is 29.0 Å². The number of amides is 1. The molecule has 0 aliphatic carbocycles. The van der Waals surface area contributed by atoms with Gasteiger partial charge in [-0.15, -0.1) is 11.3 Å². The lowest BCUT2D eigenvalue weighted by Gasteiger charge is -2.25. The highest BCUT2D eigenvalue weighted by Gasteiger charge is 2.19. The van der Waals surface area contributed by atoms with E-state index in [0.717, 1.165) is 6.42 Å². The molecule has 22 heavy (non-hydrogen) atoms. The molecule has 5 nitrogen and oxygen atoms in total. The quantitative estimate of drug-likeness (QED) is 0.496. The number of hydrogen-bond acceptors (Lipinski definition) is 4. The minimum absolute atomic E-state index is 0.0236. The van der Waals surface area contributed by atoms with Crippen LogP contribution in [-0.2, 0) is 17.8 Å². The second-order valence-corrected chi connectivity index (χ2v) is 6.06. The highest BCUT2D eigenvalue weighted by molar-refractivity contribution is 7.10. The van der Waals surface area contributed by atoms with Crippen molar-refractivity contribution in [2.75, 3.05) is 6.54 Å². The second-order valence-electron chi connectivity index (χ2n) is 5.06. The van der Waals surface area contributed by atoms with E-state index in [-0.39, 0.29) is 11.6 Å². The second kappa shape index (κ2) is 6.11. The fraction of sp³-hybridized carbons (Fsp3) is 0.188. The van der Waals surface area contributed by atoms with E-state index < -0.39 is 4.92 Å². The Hall–Kier alpha value is -2.47. The number of rotatable bonds is 3. The summed E-state index contributed by atoms with van der Waals surface area (Å²) in [7, 11) is 0. The number of fused-ring (bicyclic) bond motifs is 1. The standard InChI is InChI=1S/C16H14N2O3S/c19-16(17-8-6-15-13(11-17)7-9-22-15)5-4-12-2-1-3-14(10-12)18(20)21/h1-5,7,9-10H,6,8,11H2. The number of carbonyl (C=O) groups excluding carboxylic acids is 1. The maximum absolute atomic E-state index is 12.2. The van der Waals surface area contributed by atoms with Crippen LogP contribution in [0.5, 0.6) is 0 Å². The molecule has 2 heterocycles. The molecule has 1 aromatic heterocycles. The minimum Gasteiger partial charge on any atom is -0.334 e. The third kappa shape index (κ3) is 3.07. The number of benzene rings is 1. The van der Waals surface area contributed by atoms with Crippen molar-refractivity contribution < 1.29 is 9.72 Å². The predicted octanol–water partition coefficient (Wildman–Crippen LogP) is 3.25. The van der Waals surface area contributed by atoms with E-state index in [9.17, 15) is 14.9 Å². The van der Waals surface area contributed by atoms with Crippen molar-refractivity contribution in [2.24, 2.45) is 0 Å². The third-order valence-electron chi connectivity index (χ3n) is 3.62. The van der Waals surface area contributed by atoms with E-state index >= 15 is 0 Å².